The highest BCUT2D eigenvalue weighted by molar-refractivity contribution is 7.18. The minimum atomic E-state index is -0.674. The van der Waals surface area contributed by atoms with Crippen LogP contribution in [-0.2, 0) is 20.9 Å². The smallest absolute Gasteiger partial charge is 0.313 e. The number of carbonyl (C=O) groups excluding carboxylic acids is 2. The van der Waals surface area contributed by atoms with Gasteiger partial charge in [-0.05, 0) is 55.0 Å². The first-order chi connectivity index (χ1) is 15.4. The molecule has 32 heavy (non-hydrogen) atoms. The van der Waals surface area contributed by atoms with Crippen LogP contribution in [0.1, 0.15) is 41.9 Å². The van der Waals surface area contributed by atoms with Gasteiger partial charge < -0.3 is 20.7 Å². The zero-order chi connectivity index (χ0) is 22.8. The van der Waals surface area contributed by atoms with Gasteiger partial charge in [-0.3, -0.25) is 9.59 Å². The molecule has 0 spiro atoms. The lowest BCUT2D eigenvalue weighted by molar-refractivity contribution is -0.146. The number of hydrogen-bond donors (Lipinski definition) is 2. The third-order valence-electron chi connectivity index (χ3n) is 5.76. The van der Waals surface area contributed by atoms with E-state index in [0.29, 0.717) is 30.6 Å². The van der Waals surface area contributed by atoms with E-state index in [-0.39, 0.29) is 6.04 Å². The molecule has 0 saturated carbocycles. The number of nitrogens with zero attached hydrogens (tertiary/aromatic N) is 3. The molecule has 4 rings (SSSR count). The number of nitrogens with two attached hydrogens (primary N) is 1. The standard InChI is InChI=1S/C23H27N5O3S/c1-13-4-6-18(15-5-7-19-17(9-15)27-20(32-19)12-31-3)28(11-13)23(30)22(29)26-16-8-14(2)21(24)25-10-16/h5,7-10,13,18H,4,6,11-12H2,1-3H3,(H2,24,25)(H,26,29)/t13-,18+/m0/s1. The number of benzene rings is 1. The number of hydrogen-bond acceptors (Lipinski definition) is 7. The minimum absolute atomic E-state index is 0.173. The fourth-order valence-corrected chi connectivity index (χ4v) is 5.00. The Labute approximate surface area is 190 Å². The molecule has 9 heteroatoms. The van der Waals surface area contributed by atoms with E-state index < -0.39 is 11.8 Å². The molecule has 2 amide bonds. The van der Waals surface area contributed by atoms with Gasteiger partial charge in [0.15, 0.2) is 0 Å². The molecule has 1 fully saturated rings. The van der Waals surface area contributed by atoms with E-state index in [4.69, 9.17) is 10.5 Å². The van der Waals surface area contributed by atoms with Crippen LogP contribution in [0.5, 0.6) is 0 Å². The molecule has 1 aliphatic rings. The van der Waals surface area contributed by atoms with Gasteiger partial charge in [-0.25, -0.2) is 9.97 Å². The summed E-state index contributed by atoms with van der Waals surface area (Å²) in [6.07, 6.45) is 3.24. The Kier molecular flexibility index (Phi) is 6.38. The van der Waals surface area contributed by atoms with Crippen molar-refractivity contribution in [3.05, 3.63) is 46.6 Å². The van der Waals surface area contributed by atoms with Gasteiger partial charge in [-0.1, -0.05) is 13.0 Å². The number of pyridine rings is 1. The molecule has 1 aliphatic heterocycles. The van der Waals surface area contributed by atoms with Gasteiger partial charge in [0.2, 0.25) is 0 Å². The van der Waals surface area contributed by atoms with Crippen molar-refractivity contribution in [3.63, 3.8) is 0 Å². The molecule has 1 saturated heterocycles. The second-order valence-electron chi connectivity index (χ2n) is 8.30. The van der Waals surface area contributed by atoms with E-state index in [1.165, 1.54) is 6.20 Å². The summed E-state index contributed by atoms with van der Waals surface area (Å²) in [5.41, 5.74) is 8.81. The van der Waals surface area contributed by atoms with E-state index in [9.17, 15) is 9.59 Å². The number of anilines is 2. The molecule has 3 heterocycles. The quantitative estimate of drug-likeness (QED) is 0.583. The van der Waals surface area contributed by atoms with E-state index in [1.807, 2.05) is 18.2 Å². The highest BCUT2D eigenvalue weighted by atomic mass is 32.1. The summed E-state index contributed by atoms with van der Waals surface area (Å²) >= 11 is 1.60. The predicted octanol–water partition coefficient (Wildman–Crippen LogP) is 3.67. The second-order valence-corrected chi connectivity index (χ2v) is 9.42. The fourth-order valence-electron chi connectivity index (χ4n) is 4.08. The van der Waals surface area contributed by atoms with Crippen LogP contribution in [0.2, 0.25) is 0 Å². The molecule has 8 nitrogen and oxygen atoms in total. The number of likely N-dealkylation sites (tertiary alicyclic amines) is 1. The number of fused-ring (bicyclic) bond motifs is 1. The van der Waals surface area contributed by atoms with Crippen LogP contribution < -0.4 is 11.1 Å². The summed E-state index contributed by atoms with van der Waals surface area (Å²) < 4.78 is 6.27. The molecular weight excluding hydrogens is 426 g/mol. The Morgan fingerprint density at radius 1 is 1.31 bits per heavy atom. The average molecular weight is 454 g/mol. The molecule has 3 N–H and O–H groups in total. The van der Waals surface area contributed by atoms with Crippen molar-refractivity contribution in [3.8, 4) is 0 Å². The molecule has 2 atom stereocenters. The van der Waals surface area contributed by atoms with E-state index >= 15 is 0 Å². The molecular formula is C23H27N5O3S. The normalized spacial score (nSPS) is 18.7. The topological polar surface area (TPSA) is 110 Å². The first kappa shape index (κ1) is 22.2. The van der Waals surface area contributed by atoms with Gasteiger partial charge in [0, 0.05) is 13.7 Å². The molecule has 1 aromatic carbocycles. The van der Waals surface area contributed by atoms with Crippen LogP contribution in [0.4, 0.5) is 11.5 Å². The van der Waals surface area contributed by atoms with Crippen molar-refractivity contribution in [2.24, 2.45) is 5.92 Å². The lowest BCUT2D eigenvalue weighted by atomic mass is 9.89. The SMILES string of the molecule is COCc1nc2cc([C@H]3CC[C@H](C)CN3C(=O)C(=O)Nc3cnc(N)c(C)c3)ccc2s1. The second kappa shape index (κ2) is 9.22. The average Bonchev–Trinajstić information content (AvgIpc) is 3.17. The first-order valence-corrected chi connectivity index (χ1v) is 11.4. The number of nitrogen functional groups attached to an aromatic ring is 1. The number of piperidine rings is 1. The van der Waals surface area contributed by atoms with E-state index in [0.717, 1.165) is 39.2 Å². The summed E-state index contributed by atoms with van der Waals surface area (Å²) in [7, 11) is 1.65. The van der Waals surface area contributed by atoms with Gasteiger partial charge in [0.1, 0.15) is 10.8 Å². The van der Waals surface area contributed by atoms with Crippen LogP contribution in [0, 0.1) is 12.8 Å². The lowest BCUT2D eigenvalue weighted by Gasteiger charge is -2.38. The van der Waals surface area contributed by atoms with Gasteiger partial charge in [-0.2, -0.15) is 0 Å². The maximum Gasteiger partial charge on any atom is 0.313 e. The largest absolute Gasteiger partial charge is 0.383 e. The molecule has 0 aliphatic carbocycles. The van der Waals surface area contributed by atoms with Gasteiger partial charge >= 0.3 is 11.8 Å². The Balaban J connectivity index is 1.57. The Hall–Kier alpha value is -3.04. The molecule has 2 aromatic heterocycles. The number of aromatic nitrogens is 2. The van der Waals surface area contributed by atoms with Crippen molar-refractivity contribution in [1.29, 1.82) is 0 Å². The first-order valence-electron chi connectivity index (χ1n) is 10.6. The number of thiazole rings is 1. The molecule has 3 aromatic rings. The van der Waals surface area contributed by atoms with E-state index in [2.05, 4.69) is 22.2 Å². The summed E-state index contributed by atoms with van der Waals surface area (Å²) in [6.45, 7) is 4.90. The fraction of sp³-hybridized carbons (Fsp3) is 0.391. The highest BCUT2D eigenvalue weighted by Gasteiger charge is 2.34. The summed E-state index contributed by atoms with van der Waals surface area (Å²) in [6, 6.07) is 7.62. The monoisotopic (exact) mass is 453 g/mol. The van der Waals surface area contributed by atoms with Crippen molar-refractivity contribution >= 4 is 44.9 Å². The third-order valence-corrected chi connectivity index (χ3v) is 6.77. The Morgan fingerprint density at radius 2 is 2.12 bits per heavy atom. The summed E-state index contributed by atoms with van der Waals surface area (Å²) in [5, 5.41) is 3.58. The van der Waals surface area contributed by atoms with Crippen molar-refractivity contribution in [1.82, 2.24) is 14.9 Å². The van der Waals surface area contributed by atoms with Crippen molar-refractivity contribution in [2.45, 2.75) is 39.3 Å². The van der Waals surface area contributed by atoms with Crippen molar-refractivity contribution in [2.75, 3.05) is 24.7 Å². The number of carbonyl (C=O) groups is 2. The maximum absolute atomic E-state index is 13.2. The lowest BCUT2D eigenvalue weighted by Crippen LogP contribution is -2.46. The molecule has 0 unspecified atom stereocenters. The minimum Gasteiger partial charge on any atom is -0.383 e. The van der Waals surface area contributed by atoms with Gasteiger partial charge in [0.05, 0.1) is 34.7 Å². The molecule has 0 bridgehead atoms. The molecule has 0 radical (unpaired) electrons. The number of aryl methyl sites for hydroxylation is 1. The highest BCUT2D eigenvalue weighted by Crippen LogP contribution is 2.35. The summed E-state index contributed by atoms with van der Waals surface area (Å²) in [5.74, 6) is -0.508. The Bertz CT molecular complexity index is 1160. The van der Waals surface area contributed by atoms with Crippen LogP contribution in [0.15, 0.2) is 30.5 Å². The predicted molar refractivity (Wildman–Crippen MR) is 125 cm³/mol. The van der Waals surface area contributed by atoms with Gasteiger partial charge in [0.25, 0.3) is 0 Å². The van der Waals surface area contributed by atoms with Crippen molar-refractivity contribution < 1.29 is 14.3 Å². The zero-order valence-corrected chi connectivity index (χ0v) is 19.2. The summed E-state index contributed by atoms with van der Waals surface area (Å²) in [4.78, 5) is 36.3. The van der Waals surface area contributed by atoms with Gasteiger partial charge in [-0.15, -0.1) is 11.3 Å². The number of nitrogens with one attached hydrogen (secondary N) is 1. The number of methoxy groups -OCH3 is 1. The number of amides is 2. The van der Waals surface area contributed by atoms with E-state index in [1.54, 1.807) is 36.3 Å². The maximum atomic E-state index is 13.2. The van der Waals surface area contributed by atoms with Crippen LogP contribution in [-0.4, -0.2) is 40.3 Å². The van der Waals surface area contributed by atoms with Crippen LogP contribution in [0.25, 0.3) is 10.2 Å². The number of ether oxygens (including phenoxy) is 1. The third kappa shape index (κ3) is 4.58. The van der Waals surface area contributed by atoms with Crippen LogP contribution in [0.3, 0.4) is 0 Å². The zero-order valence-electron chi connectivity index (χ0n) is 18.4. The van der Waals surface area contributed by atoms with Crippen LogP contribution >= 0.6 is 11.3 Å². The number of rotatable bonds is 4. The Morgan fingerprint density at radius 3 is 2.88 bits per heavy atom. The molecule has 168 valence electrons.